The number of carbonyl (C=O) groups excluding carboxylic acids is 1. The van der Waals surface area contributed by atoms with Crippen molar-refractivity contribution in [2.75, 3.05) is 18.6 Å². The standard InChI is InChI=1S/C20H25FN2O3S2/c1-3-23(15-16-8-7-9-17(21)14-16)20(24)19(12-13-27-2)22-28(25,26)18-10-5-4-6-11-18/h4-11,14,19,22H,3,12-13,15H2,1-2H3. The molecule has 2 aromatic carbocycles. The fraction of sp³-hybridized carbons (Fsp3) is 0.350. The Bertz CT molecular complexity index is 876. The first-order chi connectivity index (χ1) is 13.4. The molecule has 0 fully saturated rings. The maximum atomic E-state index is 13.5. The summed E-state index contributed by atoms with van der Waals surface area (Å²) >= 11 is 1.54. The lowest BCUT2D eigenvalue weighted by molar-refractivity contribution is -0.133. The SMILES string of the molecule is CCN(Cc1cccc(F)c1)C(=O)C(CCSC)NS(=O)(=O)c1ccccc1. The molecule has 1 atom stereocenters. The molecule has 0 saturated heterocycles. The van der Waals surface area contributed by atoms with Crippen molar-refractivity contribution in [2.24, 2.45) is 0 Å². The van der Waals surface area contributed by atoms with Crippen molar-refractivity contribution in [2.45, 2.75) is 30.8 Å². The third-order valence-electron chi connectivity index (χ3n) is 4.22. The topological polar surface area (TPSA) is 66.5 Å². The second-order valence-corrected chi connectivity index (χ2v) is 8.95. The lowest BCUT2D eigenvalue weighted by Crippen LogP contribution is -2.48. The van der Waals surface area contributed by atoms with Gasteiger partial charge < -0.3 is 4.90 Å². The van der Waals surface area contributed by atoms with Gasteiger partial charge in [-0.25, -0.2) is 12.8 Å². The fourth-order valence-electron chi connectivity index (χ4n) is 2.75. The van der Waals surface area contributed by atoms with E-state index in [1.54, 1.807) is 30.3 Å². The van der Waals surface area contributed by atoms with Crippen LogP contribution in [0.2, 0.25) is 0 Å². The molecule has 0 radical (unpaired) electrons. The predicted molar refractivity (Wildman–Crippen MR) is 111 cm³/mol. The number of hydrogen-bond donors (Lipinski definition) is 1. The van der Waals surface area contributed by atoms with Crippen molar-refractivity contribution in [3.8, 4) is 0 Å². The molecule has 0 aliphatic heterocycles. The van der Waals surface area contributed by atoms with E-state index >= 15 is 0 Å². The summed E-state index contributed by atoms with van der Waals surface area (Å²) < 4.78 is 41.4. The van der Waals surface area contributed by atoms with Crippen LogP contribution in [0.5, 0.6) is 0 Å². The van der Waals surface area contributed by atoms with Crippen LogP contribution >= 0.6 is 11.8 Å². The van der Waals surface area contributed by atoms with Gasteiger partial charge in [0.05, 0.1) is 4.90 Å². The number of rotatable bonds is 10. The maximum Gasteiger partial charge on any atom is 0.241 e. The monoisotopic (exact) mass is 424 g/mol. The molecule has 0 aliphatic carbocycles. The summed E-state index contributed by atoms with van der Waals surface area (Å²) in [4.78, 5) is 14.7. The van der Waals surface area contributed by atoms with Crippen LogP contribution in [0.4, 0.5) is 4.39 Å². The highest BCUT2D eigenvalue weighted by molar-refractivity contribution is 7.98. The van der Waals surface area contributed by atoms with Crippen LogP contribution in [-0.2, 0) is 21.4 Å². The Hall–Kier alpha value is -1.90. The summed E-state index contributed by atoms with van der Waals surface area (Å²) in [6, 6.07) is 13.1. The van der Waals surface area contributed by atoms with Gasteiger partial charge in [-0.1, -0.05) is 30.3 Å². The molecular formula is C20H25FN2O3S2. The molecule has 1 unspecified atom stereocenters. The van der Waals surface area contributed by atoms with E-state index in [-0.39, 0.29) is 23.2 Å². The van der Waals surface area contributed by atoms with E-state index in [1.165, 1.54) is 40.9 Å². The van der Waals surface area contributed by atoms with E-state index in [9.17, 15) is 17.6 Å². The Balaban J connectivity index is 2.21. The molecule has 1 amide bonds. The van der Waals surface area contributed by atoms with Gasteiger partial charge in [0.2, 0.25) is 15.9 Å². The van der Waals surface area contributed by atoms with Crippen molar-refractivity contribution >= 4 is 27.7 Å². The first-order valence-electron chi connectivity index (χ1n) is 8.97. The second kappa shape index (κ2) is 10.6. The van der Waals surface area contributed by atoms with Crippen LogP contribution < -0.4 is 4.72 Å². The molecule has 0 aliphatic rings. The summed E-state index contributed by atoms with van der Waals surface area (Å²) in [6.45, 7) is 2.42. The zero-order valence-corrected chi connectivity index (χ0v) is 17.6. The van der Waals surface area contributed by atoms with Crippen LogP contribution in [-0.4, -0.2) is 43.8 Å². The highest BCUT2D eigenvalue weighted by Crippen LogP contribution is 2.14. The van der Waals surface area contributed by atoms with Crippen LogP contribution in [0.1, 0.15) is 18.9 Å². The number of benzene rings is 2. The van der Waals surface area contributed by atoms with Crippen molar-refractivity contribution in [1.29, 1.82) is 0 Å². The molecule has 152 valence electrons. The van der Waals surface area contributed by atoms with Gasteiger partial charge in [-0.15, -0.1) is 0 Å². The minimum Gasteiger partial charge on any atom is -0.337 e. The molecule has 2 aromatic rings. The molecule has 28 heavy (non-hydrogen) atoms. The zero-order chi connectivity index (χ0) is 20.6. The summed E-state index contributed by atoms with van der Waals surface area (Å²) in [7, 11) is -3.82. The number of halogens is 1. The predicted octanol–water partition coefficient (Wildman–Crippen LogP) is 3.27. The zero-order valence-electron chi connectivity index (χ0n) is 16.0. The Morgan fingerprint density at radius 2 is 1.89 bits per heavy atom. The van der Waals surface area contributed by atoms with Gasteiger partial charge in [0, 0.05) is 13.1 Å². The number of nitrogens with one attached hydrogen (secondary N) is 1. The van der Waals surface area contributed by atoms with Crippen molar-refractivity contribution in [3.05, 3.63) is 66.0 Å². The molecular weight excluding hydrogens is 399 g/mol. The van der Waals surface area contributed by atoms with Gasteiger partial charge in [-0.3, -0.25) is 4.79 Å². The van der Waals surface area contributed by atoms with Gasteiger partial charge >= 0.3 is 0 Å². The van der Waals surface area contributed by atoms with Crippen LogP contribution in [0, 0.1) is 5.82 Å². The van der Waals surface area contributed by atoms with E-state index in [0.717, 1.165) is 0 Å². The van der Waals surface area contributed by atoms with E-state index in [2.05, 4.69) is 4.72 Å². The summed E-state index contributed by atoms with van der Waals surface area (Å²) in [5.41, 5.74) is 0.657. The summed E-state index contributed by atoms with van der Waals surface area (Å²) in [5.74, 6) is -0.0596. The molecule has 0 heterocycles. The third kappa shape index (κ3) is 6.32. The minimum atomic E-state index is -3.82. The van der Waals surface area contributed by atoms with E-state index < -0.39 is 16.1 Å². The number of nitrogens with zero attached hydrogens (tertiary/aromatic N) is 1. The Kier molecular flexibility index (Phi) is 8.47. The Morgan fingerprint density at radius 1 is 1.18 bits per heavy atom. The molecule has 1 N–H and O–H groups in total. The number of amides is 1. The van der Waals surface area contributed by atoms with Gasteiger partial charge in [0.15, 0.2) is 0 Å². The number of carbonyl (C=O) groups is 1. The number of thioether (sulfide) groups is 1. The van der Waals surface area contributed by atoms with Gasteiger partial charge in [-0.2, -0.15) is 16.5 Å². The van der Waals surface area contributed by atoms with E-state index in [4.69, 9.17) is 0 Å². The van der Waals surface area contributed by atoms with Crippen molar-refractivity contribution in [1.82, 2.24) is 9.62 Å². The van der Waals surface area contributed by atoms with Gasteiger partial charge in [0.25, 0.3) is 0 Å². The van der Waals surface area contributed by atoms with E-state index in [0.29, 0.717) is 24.3 Å². The molecule has 5 nitrogen and oxygen atoms in total. The largest absolute Gasteiger partial charge is 0.337 e. The number of likely N-dealkylation sites (N-methyl/N-ethyl adjacent to an activating group) is 1. The summed E-state index contributed by atoms with van der Waals surface area (Å²) in [6.07, 6.45) is 2.27. The highest BCUT2D eigenvalue weighted by atomic mass is 32.2. The normalized spacial score (nSPS) is 12.5. The lowest BCUT2D eigenvalue weighted by atomic mass is 10.1. The highest BCUT2D eigenvalue weighted by Gasteiger charge is 2.28. The quantitative estimate of drug-likeness (QED) is 0.636. The van der Waals surface area contributed by atoms with Crippen LogP contribution in [0.15, 0.2) is 59.5 Å². The average Bonchev–Trinajstić information content (AvgIpc) is 2.69. The summed E-state index contributed by atoms with van der Waals surface area (Å²) in [5, 5.41) is 0. The molecule has 0 aromatic heterocycles. The smallest absolute Gasteiger partial charge is 0.241 e. The Labute approximate surface area is 170 Å². The first-order valence-corrected chi connectivity index (χ1v) is 11.8. The molecule has 2 rings (SSSR count). The second-order valence-electron chi connectivity index (χ2n) is 6.25. The Morgan fingerprint density at radius 3 is 2.50 bits per heavy atom. The lowest BCUT2D eigenvalue weighted by Gasteiger charge is -2.27. The maximum absolute atomic E-state index is 13.5. The minimum absolute atomic E-state index is 0.116. The van der Waals surface area contributed by atoms with Crippen molar-refractivity contribution in [3.63, 3.8) is 0 Å². The average molecular weight is 425 g/mol. The first kappa shape index (κ1) is 22.4. The third-order valence-corrected chi connectivity index (χ3v) is 6.35. The number of sulfonamides is 1. The molecule has 0 saturated carbocycles. The van der Waals surface area contributed by atoms with Crippen LogP contribution in [0.25, 0.3) is 0 Å². The van der Waals surface area contributed by atoms with E-state index in [1.807, 2.05) is 13.2 Å². The molecule has 0 spiro atoms. The fourth-order valence-corrected chi connectivity index (χ4v) is 4.46. The van der Waals surface area contributed by atoms with Crippen molar-refractivity contribution < 1.29 is 17.6 Å². The molecule has 0 bridgehead atoms. The van der Waals surface area contributed by atoms with Gasteiger partial charge in [0.1, 0.15) is 11.9 Å². The number of hydrogen-bond acceptors (Lipinski definition) is 4. The molecule has 8 heteroatoms. The van der Waals surface area contributed by atoms with Crippen LogP contribution in [0.3, 0.4) is 0 Å². The van der Waals surface area contributed by atoms with Gasteiger partial charge in [-0.05, 0) is 55.2 Å².